The molecule has 0 radical (unpaired) electrons. The average molecular weight is 306 g/mol. The van der Waals surface area contributed by atoms with Gasteiger partial charge < -0.3 is 5.32 Å². The van der Waals surface area contributed by atoms with E-state index in [9.17, 15) is 4.79 Å². The lowest BCUT2D eigenvalue weighted by molar-refractivity contribution is 0.102. The van der Waals surface area contributed by atoms with Crippen LogP contribution in [-0.4, -0.2) is 20.9 Å². The molecule has 0 aliphatic heterocycles. The van der Waals surface area contributed by atoms with Gasteiger partial charge in [-0.1, -0.05) is 41.1 Å². The van der Waals surface area contributed by atoms with Gasteiger partial charge in [-0.05, 0) is 44.0 Å². The molecular weight excluding hydrogens is 288 g/mol. The highest BCUT2D eigenvalue weighted by molar-refractivity contribution is 6.03. The highest BCUT2D eigenvalue weighted by Gasteiger charge is 2.14. The van der Waals surface area contributed by atoms with Crippen LogP contribution in [0.3, 0.4) is 0 Å². The van der Waals surface area contributed by atoms with Gasteiger partial charge in [-0.15, -0.1) is 5.10 Å². The summed E-state index contributed by atoms with van der Waals surface area (Å²) in [6.07, 6.45) is 1.63. The molecule has 116 valence electrons. The van der Waals surface area contributed by atoms with Crippen LogP contribution < -0.4 is 5.32 Å². The molecule has 0 spiro atoms. The molecule has 0 saturated heterocycles. The Labute approximate surface area is 135 Å². The van der Waals surface area contributed by atoms with Gasteiger partial charge in [0.05, 0.1) is 11.9 Å². The molecule has 1 amide bonds. The summed E-state index contributed by atoms with van der Waals surface area (Å²) in [4.78, 5) is 12.4. The molecular formula is C18H18N4O. The number of aryl methyl sites for hydroxylation is 3. The van der Waals surface area contributed by atoms with Crippen LogP contribution in [0.25, 0.3) is 5.69 Å². The molecule has 0 bridgehead atoms. The van der Waals surface area contributed by atoms with Crippen molar-refractivity contribution in [3.8, 4) is 5.69 Å². The van der Waals surface area contributed by atoms with E-state index < -0.39 is 0 Å². The number of hydrogen-bond donors (Lipinski definition) is 1. The van der Waals surface area contributed by atoms with E-state index in [1.807, 2.05) is 63.2 Å². The highest BCUT2D eigenvalue weighted by atomic mass is 16.2. The van der Waals surface area contributed by atoms with Crippen molar-refractivity contribution >= 4 is 11.6 Å². The average Bonchev–Trinajstić information content (AvgIpc) is 3.02. The zero-order valence-electron chi connectivity index (χ0n) is 13.4. The van der Waals surface area contributed by atoms with E-state index in [1.165, 1.54) is 5.56 Å². The third kappa shape index (κ3) is 3.13. The van der Waals surface area contributed by atoms with E-state index in [0.717, 1.165) is 22.5 Å². The summed E-state index contributed by atoms with van der Waals surface area (Å²) in [6.45, 7) is 5.95. The van der Waals surface area contributed by atoms with Crippen molar-refractivity contribution < 1.29 is 4.79 Å². The predicted molar refractivity (Wildman–Crippen MR) is 90.0 cm³/mol. The van der Waals surface area contributed by atoms with E-state index in [1.54, 1.807) is 10.9 Å². The van der Waals surface area contributed by atoms with Crippen molar-refractivity contribution in [1.29, 1.82) is 0 Å². The van der Waals surface area contributed by atoms with Gasteiger partial charge in [0.25, 0.3) is 5.91 Å². The molecule has 1 aromatic heterocycles. The maximum Gasteiger partial charge on any atom is 0.277 e. The Balaban J connectivity index is 1.83. The molecule has 0 atom stereocenters. The molecule has 0 fully saturated rings. The molecule has 5 heteroatoms. The Morgan fingerprint density at radius 1 is 1.00 bits per heavy atom. The zero-order chi connectivity index (χ0) is 16.4. The fraction of sp³-hybridized carbons (Fsp3) is 0.167. The first-order chi connectivity index (χ1) is 11.0. The van der Waals surface area contributed by atoms with Crippen LogP contribution in [0.2, 0.25) is 0 Å². The Hall–Kier alpha value is -2.95. The van der Waals surface area contributed by atoms with Crippen molar-refractivity contribution in [1.82, 2.24) is 15.0 Å². The quantitative estimate of drug-likeness (QED) is 0.806. The third-order valence-electron chi connectivity index (χ3n) is 3.74. The van der Waals surface area contributed by atoms with E-state index >= 15 is 0 Å². The van der Waals surface area contributed by atoms with Crippen molar-refractivity contribution in [3.63, 3.8) is 0 Å². The molecule has 1 N–H and O–H groups in total. The lowest BCUT2D eigenvalue weighted by Crippen LogP contribution is -2.14. The first kappa shape index (κ1) is 15.0. The number of nitrogens with one attached hydrogen (secondary N) is 1. The van der Waals surface area contributed by atoms with Gasteiger partial charge in [0, 0.05) is 5.69 Å². The number of carbonyl (C=O) groups excluding carboxylic acids is 1. The zero-order valence-corrected chi connectivity index (χ0v) is 13.4. The normalized spacial score (nSPS) is 10.6. The van der Waals surface area contributed by atoms with Crippen LogP contribution in [0.4, 0.5) is 5.69 Å². The van der Waals surface area contributed by atoms with Gasteiger partial charge in [-0.2, -0.15) is 0 Å². The van der Waals surface area contributed by atoms with Crippen molar-refractivity contribution in [2.75, 3.05) is 5.32 Å². The maximum absolute atomic E-state index is 12.4. The number of carbonyl (C=O) groups is 1. The molecule has 5 nitrogen and oxygen atoms in total. The third-order valence-corrected chi connectivity index (χ3v) is 3.74. The Morgan fingerprint density at radius 3 is 2.30 bits per heavy atom. The molecule has 3 rings (SSSR count). The minimum atomic E-state index is -0.263. The van der Waals surface area contributed by atoms with Crippen LogP contribution in [0.15, 0.2) is 48.7 Å². The first-order valence-electron chi connectivity index (χ1n) is 7.41. The van der Waals surface area contributed by atoms with Crippen molar-refractivity contribution in [2.45, 2.75) is 20.8 Å². The molecule has 0 unspecified atom stereocenters. The fourth-order valence-corrected chi connectivity index (χ4v) is 2.38. The van der Waals surface area contributed by atoms with Gasteiger partial charge >= 0.3 is 0 Å². The van der Waals surface area contributed by atoms with Gasteiger partial charge in [0.15, 0.2) is 5.69 Å². The first-order valence-corrected chi connectivity index (χ1v) is 7.41. The predicted octanol–water partition coefficient (Wildman–Crippen LogP) is 3.44. The summed E-state index contributed by atoms with van der Waals surface area (Å²) in [5.41, 5.74) is 5.18. The van der Waals surface area contributed by atoms with Crippen LogP contribution in [0, 0.1) is 20.8 Å². The molecule has 0 aliphatic rings. The van der Waals surface area contributed by atoms with Gasteiger partial charge in [0.2, 0.25) is 0 Å². The maximum atomic E-state index is 12.4. The molecule has 3 aromatic rings. The summed E-state index contributed by atoms with van der Waals surface area (Å²) < 4.78 is 1.60. The van der Waals surface area contributed by atoms with E-state index in [2.05, 4.69) is 15.6 Å². The number of benzene rings is 2. The van der Waals surface area contributed by atoms with Crippen molar-refractivity contribution in [2.24, 2.45) is 0 Å². The van der Waals surface area contributed by atoms with Crippen LogP contribution in [0.1, 0.15) is 27.2 Å². The number of para-hydroxylation sites is 1. The second kappa shape index (κ2) is 6.04. The lowest BCUT2D eigenvalue weighted by atomic mass is 10.1. The summed E-state index contributed by atoms with van der Waals surface area (Å²) in [6, 6.07) is 13.8. The number of aromatic nitrogens is 3. The van der Waals surface area contributed by atoms with Crippen LogP contribution in [-0.2, 0) is 0 Å². The smallest absolute Gasteiger partial charge is 0.277 e. The lowest BCUT2D eigenvalue weighted by Gasteiger charge is -2.09. The molecule has 0 saturated carbocycles. The Kier molecular flexibility index (Phi) is 3.93. The van der Waals surface area contributed by atoms with E-state index in [0.29, 0.717) is 0 Å². The minimum absolute atomic E-state index is 0.263. The summed E-state index contributed by atoms with van der Waals surface area (Å²) in [5, 5.41) is 10.9. The number of anilines is 1. The molecule has 1 heterocycles. The topological polar surface area (TPSA) is 59.8 Å². The second-order valence-electron chi connectivity index (χ2n) is 5.60. The van der Waals surface area contributed by atoms with Gasteiger partial charge in [-0.3, -0.25) is 4.79 Å². The van der Waals surface area contributed by atoms with Gasteiger partial charge in [0.1, 0.15) is 0 Å². The largest absolute Gasteiger partial charge is 0.320 e. The number of rotatable bonds is 3. The SMILES string of the molecule is Cc1ccc(-n2cc(C(=O)Nc3c(C)cccc3C)nn2)cc1. The standard InChI is InChI=1S/C18H18N4O/c1-12-7-9-15(10-8-12)22-11-16(20-21-22)18(23)19-17-13(2)5-4-6-14(17)3/h4-11H,1-3H3,(H,19,23). The van der Waals surface area contributed by atoms with Crippen LogP contribution >= 0.6 is 0 Å². The number of hydrogen-bond acceptors (Lipinski definition) is 3. The summed E-state index contributed by atoms with van der Waals surface area (Å²) in [7, 11) is 0. The summed E-state index contributed by atoms with van der Waals surface area (Å²) >= 11 is 0. The highest BCUT2D eigenvalue weighted by Crippen LogP contribution is 2.20. The summed E-state index contributed by atoms with van der Waals surface area (Å²) in [5.74, 6) is -0.263. The Morgan fingerprint density at radius 2 is 1.65 bits per heavy atom. The van der Waals surface area contributed by atoms with Crippen molar-refractivity contribution in [3.05, 3.63) is 71.0 Å². The van der Waals surface area contributed by atoms with Gasteiger partial charge in [-0.25, -0.2) is 4.68 Å². The van der Waals surface area contributed by atoms with Crippen LogP contribution in [0.5, 0.6) is 0 Å². The second-order valence-corrected chi connectivity index (χ2v) is 5.60. The monoisotopic (exact) mass is 306 g/mol. The number of nitrogens with zero attached hydrogens (tertiary/aromatic N) is 3. The minimum Gasteiger partial charge on any atom is -0.320 e. The molecule has 0 aliphatic carbocycles. The molecule has 2 aromatic carbocycles. The van der Waals surface area contributed by atoms with E-state index in [4.69, 9.17) is 0 Å². The van der Waals surface area contributed by atoms with E-state index in [-0.39, 0.29) is 11.6 Å². The number of amides is 1. The molecule has 23 heavy (non-hydrogen) atoms. The Bertz CT molecular complexity index is 829. The fourth-order valence-electron chi connectivity index (χ4n) is 2.38.